The Kier molecular flexibility index (Phi) is 6.24. The fourth-order valence-electron chi connectivity index (χ4n) is 0.992. The van der Waals surface area contributed by atoms with Crippen molar-refractivity contribution in [2.45, 2.75) is 20.8 Å². The average molecular weight is 185 g/mol. The summed E-state index contributed by atoms with van der Waals surface area (Å²) < 4.78 is 4.59. The van der Waals surface area contributed by atoms with Gasteiger partial charge >= 0.3 is 5.97 Å². The van der Waals surface area contributed by atoms with Crippen molar-refractivity contribution in [2.75, 3.05) is 26.7 Å². The predicted octanol–water partition coefficient (Wildman–Crippen LogP) is 1.45. The van der Waals surface area contributed by atoms with Gasteiger partial charge in [-0.05, 0) is 20.0 Å². The number of esters is 1. The first-order chi connectivity index (χ1) is 6.15. The highest BCUT2D eigenvalue weighted by Gasteiger charge is 2.03. The molecule has 0 bridgehead atoms. The van der Waals surface area contributed by atoms with E-state index >= 15 is 0 Å². The van der Waals surface area contributed by atoms with Crippen molar-refractivity contribution in [3.05, 3.63) is 11.6 Å². The average Bonchev–Trinajstić information content (AvgIpc) is 2.17. The van der Waals surface area contributed by atoms with Crippen molar-refractivity contribution in [3.8, 4) is 0 Å². The molecule has 76 valence electrons. The van der Waals surface area contributed by atoms with Crippen LogP contribution in [-0.4, -0.2) is 37.6 Å². The van der Waals surface area contributed by atoms with E-state index in [2.05, 4.69) is 23.5 Å². The maximum Gasteiger partial charge on any atom is 0.333 e. The summed E-state index contributed by atoms with van der Waals surface area (Å²) in [5.41, 5.74) is 0.675. The molecule has 0 N–H and O–H groups in total. The Labute approximate surface area is 80.4 Å². The summed E-state index contributed by atoms with van der Waals surface area (Å²) in [7, 11) is 1.40. The van der Waals surface area contributed by atoms with Gasteiger partial charge in [-0.25, -0.2) is 4.79 Å². The van der Waals surface area contributed by atoms with E-state index in [9.17, 15) is 4.79 Å². The minimum absolute atomic E-state index is 0.243. The molecular formula is C10H19NO2. The zero-order valence-electron chi connectivity index (χ0n) is 8.96. The normalized spacial score (nSPS) is 11.9. The minimum atomic E-state index is -0.243. The smallest absolute Gasteiger partial charge is 0.333 e. The Morgan fingerprint density at radius 3 is 2.31 bits per heavy atom. The van der Waals surface area contributed by atoms with E-state index in [4.69, 9.17) is 0 Å². The van der Waals surface area contributed by atoms with Crippen LogP contribution in [0.2, 0.25) is 0 Å². The number of hydrogen-bond acceptors (Lipinski definition) is 3. The van der Waals surface area contributed by atoms with Crippen LogP contribution in [0.25, 0.3) is 0 Å². The molecule has 0 heterocycles. The number of ether oxygens (including phenoxy) is 1. The summed E-state index contributed by atoms with van der Waals surface area (Å²) in [6, 6.07) is 0. The van der Waals surface area contributed by atoms with E-state index in [0.717, 1.165) is 19.6 Å². The lowest BCUT2D eigenvalue weighted by Crippen LogP contribution is -2.23. The van der Waals surface area contributed by atoms with E-state index in [1.807, 2.05) is 6.08 Å². The van der Waals surface area contributed by atoms with Gasteiger partial charge in [-0.15, -0.1) is 0 Å². The second-order valence-corrected chi connectivity index (χ2v) is 2.86. The van der Waals surface area contributed by atoms with Crippen LogP contribution in [0.3, 0.4) is 0 Å². The number of likely N-dealkylation sites (N-methyl/N-ethyl adjacent to an activating group) is 1. The van der Waals surface area contributed by atoms with Gasteiger partial charge in [-0.1, -0.05) is 19.9 Å². The monoisotopic (exact) mass is 185 g/mol. The molecule has 0 saturated carbocycles. The summed E-state index contributed by atoms with van der Waals surface area (Å²) in [6.45, 7) is 8.79. The first-order valence-electron chi connectivity index (χ1n) is 4.63. The van der Waals surface area contributed by atoms with Crippen molar-refractivity contribution in [1.29, 1.82) is 0 Å². The van der Waals surface area contributed by atoms with Crippen LogP contribution in [0.4, 0.5) is 0 Å². The van der Waals surface area contributed by atoms with E-state index in [0.29, 0.717) is 5.57 Å². The maximum absolute atomic E-state index is 11.0. The van der Waals surface area contributed by atoms with Crippen LogP contribution >= 0.6 is 0 Å². The Hall–Kier alpha value is -0.830. The van der Waals surface area contributed by atoms with Gasteiger partial charge in [0.2, 0.25) is 0 Å². The van der Waals surface area contributed by atoms with Gasteiger partial charge in [-0.2, -0.15) is 0 Å². The number of nitrogens with zero attached hydrogens (tertiary/aromatic N) is 1. The van der Waals surface area contributed by atoms with Crippen LogP contribution in [0, 0.1) is 0 Å². The minimum Gasteiger partial charge on any atom is -0.466 e. The van der Waals surface area contributed by atoms with E-state index < -0.39 is 0 Å². The SMILES string of the molecule is CCN(CC)C/C=C(\C)C(=O)OC. The first-order valence-corrected chi connectivity index (χ1v) is 4.63. The highest BCUT2D eigenvalue weighted by Crippen LogP contribution is 1.97. The Balaban J connectivity index is 4.01. The van der Waals surface area contributed by atoms with Gasteiger partial charge in [0.15, 0.2) is 0 Å². The maximum atomic E-state index is 11.0. The summed E-state index contributed by atoms with van der Waals surface area (Å²) in [5, 5.41) is 0. The molecule has 0 aliphatic heterocycles. The standard InChI is InChI=1S/C10H19NO2/c1-5-11(6-2)8-7-9(3)10(12)13-4/h7H,5-6,8H2,1-4H3/b9-7+. The molecular weight excluding hydrogens is 166 g/mol. The third-order valence-corrected chi connectivity index (χ3v) is 2.06. The predicted molar refractivity (Wildman–Crippen MR) is 53.6 cm³/mol. The molecule has 0 rings (SSSR count). The van der Waals surface area contributed by atoms with Crippen LogP contribution < -0.4 is 0 Å². The zero-order chi connectivity index (χ0) is 10.3. The van der Waals surface area contributed by atoms with Gasteiger partial charge < -0.3 is 9.64 Å². The summed E-state index contributed by atoms with van der Waals surface area (Å²) >= 11 is 0. The van der Waals surface area contributed by atoms with E-state index in [-0.39, 0.29) is 5.97 Å². The van der Waals surface area contributed by atoms with Gasteiger partial charge in [0.25, 0.3) is 0 Å². The number of carbonyl (C=O) groups is 1. The second-order valence-electron chi connectivity index (χ2n) is 2.86. The van der Waals surface area contributed by atoms with Gasteiger partial charge in [-0.3, -0.25) is 0 Å². The van der Waals surface area contributed by atoms with Crippen LogP contribution in [0.15, 0.2) is 11.6 Å². The van der Waals surface area contributed by atoms with E-state index in [1.165, 1.54) is 7.11 Å². The van der Waals surface area contributed by atoms with Crippen molar-refractivity contribution in [3.63, 3.8) is 0 Å². The highest BCUT2D eigenvalue weighted by atomic mass is 16.5. The molecule has 0 aromatic rings. The molecule has 0 aliphatic rings. The van der Waals surface area contributed by atoms with Crippen molar-refractivity contribution >= 4 is 5.97 Å². The lowest BCUT2D eigenvalue weighted by atomic mass is 10.3. The van der Waals surface area contributed by atoms with Crippen molar-refractivity contribution in [1.82, 2.24) is 4.90 Å². The van der Waals surface area contributed by atoms with Crippen molar-refractivity contribution < 1.29 is 9.53 Å². The molecule has 0 aromatic carbocycles. The lowest BCUT2D eigenvalue weighted by Gasteiger charge is -2.15. The van der Waals surface area contributed by atoms with Gasteiger partial charge in [0.05, 0.1) is 7.11 Å². The van der Waals surface area contributed by atoms with Crippen LogP contribution in [0.1, 0.15) is 20.8 Å². The molecule has 0 unspecified atom stereocenters. The zero-order valence-corrected chi connectivity index (χ0v) is 8.96. The number of methoxy groups -OCH3 is 1. The highest BCUT2D eigenvalue weighted by molar-refractivity contribution is 5.87. The third-order valence-electron chi connectivity index (χ3n) is 2.06. The molecule has 3 nitrogen and oxygen atoms in total. The quantitative estimate of drug-likeness (QED) is 0.479. The van der Waals surface area contributed by atoms with Crippen LogP contribution in [0.5, 0.6) is 0 Å². The Morgan fingerprint density at radius 1 is 1.38 bits per heavy atom. The third kappa shape index (κ3) is 4.68. The Bertz CT molecular complexity index is 183. The summed E-state index contributed by atoms with van der Waals surface area (Å²) in [5.74, 6) is -0.243. The molecule has 0 amide bonds. The molecule has 0 aromatic heterocycles. The van der Waals surface area contributed by atoms with E-state index in [1.54, 1.807) is 6.92 Å². The fourth-order valence-corrected chi connectivity index (χ4v) is 0.992. The molecule has 0 aliphatic carbocycles. The molecule has 0 atom stereocenters. The second kappa shape index (κ2) is 6.66. The molecule has 0 saturated heterocycles. The fraction of sp³-hybridized carbons (Fsp3) is 0.700. The number of hydrogen-bond donors (Lipinski definition) is 0. The largest absolute Gasteiger partial charge is 0.466 e. The van der Waals surface area contributed by atoms with Gasteiger partial charge in [0.1, 0.15) is 0 Å². The summed E-state index contributed by atoms with van der Waals surface area (Å²) in [6.07, 6.45) is 1.90. The number of rotatable bonds is 5. The van der Waals surface area contributed by atoms with Gasteiger partial charge in [0, 0.05) is 12.1 Å². The molecule has 3 heteroatoms. The van der Waals surface area contributed by atoms with Crippen molar-refractivity contribution in [2.24, 2.45) is 0 Å². The Morgan fingerprint density at radius 2 is 1.92 bits per heavy atom. The first kappa shape index (κ1) is 12.2. The van der Waals surface area contributed by atoms with Crippen LogP contribution in [-0.2, 0) is 9.53 Å². The summed E-state index contributed by atoms with van der Waals surface area (Å²) in [4.78, 5) is 13.2. The topological polar surface area (TPSA) is 29.5 Å². The number of carbonyl (C=O) groups excluding carboxylic acids is 1. The molecule has 0 radical (unpaired) electrons. The molecule has 13 heavy (non-hydrogen) atoms. The molecule has 0 spiro atoms. The lowest BCUT2D eigenvalue weighted by molar-refractivity contribution is -0.136. The molecule has 0 fully saturated rings.